The first-order chi connectivity index (χ1) is 9.83. The summed E-state index contributed by atoms with van der Waals surface area (Å²) in [6.07, 6.45) is 0. The number of Topliss-reactive ketones (excluding diaryl/α,β-unsaturated/α-hetero) is 1. The number of phenolic OH excluding ortho intramolecular Hbond substituents is 1. The predicted molar refractivity (Wildman–Crippen MR) is 81.6 cm³/mol. The fourth-order valence-corrected chi connectivity index (χ4v) is 2.59. The van der Waals surface area contributed by atoms with Crippen LogP contribution >= 0.6 is 0 Å². The molecule has 0 atom stereocenters. The van der Waals surface area contributed by atoms with Crippen LogP contribution in [0.15, 0.2) is 24.3 Å². The third kappa shape index (κ3) is 5.12. The van der Waals surface area contributed by atoms with Crippen LogP contribution in [0.2, 0.25) is 0 Å². The summed E-state index contributed by atoms with van der Waals surface area (Å²) in [4.78, 5) is 16.5. The van der Waals surface area contributed by atoms with Crippen LogP contribution in [-0.2, 0) is 0 Å². The molecule has 1 aliphatic heterocycles. The summed E-state index contributed by atoms with van der Waals surface area (Å²) in [7, 11) is 0. The molecule has 1 aromatic rings. The molecule has 0 aliphatic carbocycles. The molecular formula is C16H24N2O3. The van der Waals surface area contributed by atoms with Gasteiger partial charge in [-0.3, -0.25) is 14.6 Å². The summed E-state index contributed by atoms with van der Waals surface area (Å²) in [6.45, 7) is 8.09. The molecule has 0 aromatic heterocycles. The van der Waals surface area contributed by atoms with Crippen molar-refractivity contribution in [1.82, 2.24) is 9.80 Å². The van der Waals surface area contributed by atoms with Crippen molar-refractivity contribution >= 4 is 5.78 Å². The number of carbonyl (C=O) groups excluding carboxylic acids is 1. The summed E-state index contributed by atoms with van der Waals surface area (Å²) in [5.74, 6) is 0.248. The Labute approximate surface area is 125 Å². The molecule has 5 heteroatoms. The van der Waals surface area contributed by atoms with Crippen LogP contribution in [0.5, 0.6) is 5.75 Å². The lowest BCUT2D eigenvalue weighted by molar-refractivity contribution is 0.0179. The highest BCUT2D eigenvalue weighted by Crippen LogP contribution is 2.12. The molecule has 1 aromatic carbocycles. The minimum absolute atomic E-state index is 0.0749. The first-order valence-corrected chi connectivity index (χ1v) is 7.33. The van der Waals surface area contributed by atoms with Gasteiger partial charge in [0.15, 0.2) is 5.78 Å². The highest BCUT2D eigenvalue weighted by molar-refractivity contribution is 5.97. The number of aromatic hydroxyl groups is 1. The number of β-amino-alcohol motifs (C(OH)–C–C–N with tert-alkyl or cyclic N) is 1. The number of hydrogen-bond donors (Lipinski definition) is 2. The van der Waals surface area contributed by atoms with Gasteiger partial charge in [0.25, 0.3) is 0 Å². The van der Waals surface area contributed by atoms with Gasteiger partial charge >= 0.3 is 0 Å². The summed E-state index contributed by atoms with van der Waals surface area (Å²) in [6, 6.07) is 6.38. The Kier molecular flexibility index (Phi) is 4.98. The van der Waals surface area contributed by atoms with E-state index < -0.39 is 5.60 Å². The van der Waals surface area contributed by atoms with E-state index in [0.717, 1.165) is 26.2 Å². The molecule has 1 saturated heterocycles. The summed E-state index contributed by atoms with van der Waals surface area (Å²) >= 11 is 0. The zero-order valence-corrected chi connectivity index (χ0v) is 12.7. The first-order valence-electron chi connectivity index (χ1n) is 7.33. The Hall–Kier alpha value is -1.43. The molecule has 0 saturated carbocycles. The smallest absolute Gasteiger partial charge is 0.176 e. The maximum atomic E-state index is 12.2. The molecule has 2 rings (SSSR count). The number of carbonyl (C=O) groups is 1. The standard InChI is InChI=1S/C16H24N2O3/c1-16(2,21)12-18-9-7-17(8-10-18)11-15(20)13-3-5-14(19)6-4-13/h3-6,19,21H,7-12H2,1-2H3. The SMILES string of the molecule is CC(C)(O)CN1CCN(CC(=O)c2ccc(O)cc2)CC1. The molecule has 1 aliphatic rings. The Morgan fingerprint density at radius 2 is 1.62 bits per heavy atom. The molecule has 1 heterocycles. The van der Waals surface area contributed by atoms with Crippen LogP contribution in [0, 0.1) is 0 Å². The molecule has 0 bridgehead atoms. The molecule has 116 valence electrons. The van der Waals surface area contributed by atoms with Crippen molar-refractivity contribution < 1.29 is 15.0 Å². The van der Waals surface area contributed by atoms with Crippen LogP contribution in [0.25, 0.3) is 0 Å². The largest absolute Gasteiger partial charge is 0.508 e. The second-order valence-electron chi connectivity index (χ2n) is 6.33. The van der Waals surface area contributed by atoms with Crippen LogP contribution in [0.3, 0.4) is 0 Å². The molecule has 2 N–H and O–H groups in total. The lowest BCUT2D eigenvalue weighted by Crippen LogP contribution is -2.51. The van der Waals surface area contributed by atoms with E-state index >= 15 is 0 Å². The number of phenols is 1. The second-order valence-corrected chi connectivity index (χ2v) is 6.33. The molecule has 5 nitrogen and oxygen atoms in total. The van der Waals surface area contributed by atoms with Crippen LogP contribution in [0.1, 0.15) is 24.2 Å². The van der Waals surface area contributed by atoms with Crippen molar-refractivity contribution in [2.45, 2.75) is 19.4 Å². The van der Waals surface area contributed by atoms with Crippen molar-refractivity contribution in [3.8, 4) is 5.75 Å². The van der Waals surface area contributed by atoms with Gasteiger partial charge in [-0.05, 0) is 38.1 Å². The quantitative estimate of drug-likeness (QED) is 0.792. The normalized spacial score (nSPS) is 17.9. The number of benzene rings is 1. The lowest BCUT2D eigenvalue weighted by Gasteiger charge is -2.37. The Balaban J connectivity index is 1.80. The average molecular weight is 292 g/mol. The molecular weight excluding hydrogens is 268 g/mol. The number of nitrogens with zero attached hydrogens (tertiary/aromatic N) is 2. The number of ketones is 1. The Morgan fingerprint density at radius 1 is 1.10 bits per heavy atom. The van der Waals surface area contributed by atoms with Crippen LogP contribution in [0.4, 0.5) is 0 Å². The van der Waals surface area contributed by atoms with E-state index in [9.17, 15) is 15.0 Å². The van der Waals surface area contributed by atoms with E-state index in [4.69, 9.17) is 0 Å². The maximum Gasteiger partial charge on any atom is 0.176 e. The minimum atomic E-state index is -0.677. The summed E-state index contributed by atoms with van der Waals surface area (Å²) in [5.41, 5.74) is -0.0453. The van der Waals surface area contributed by atoms with Crippen molar-refractivity contribution in [3.63, 3.8) is 0 Å². The van der Waals surface area contributed by atoms with Crippen molar-refractivity contribution in [2.24, 2.45) is 0 Å². The van der Waals surface area contributed by atoms with E-state index in [-0.39, 0.29) is 11.5 Å². The maximum absolute atomic E-state index is 12.2. The third-order valence-electron chi connectivity index (χ3n) is 3.63. The van der Waals surface area contributed by atoms with Crippen LogP contribution in [-0.4, -0.2) is 70.7 Å². The molecule has 1 fully saturated rings. The number of piperazine rings is 1. The zero-order chi connectivity index (χ0) is 15.5. The fraction of sp³-hybridized carbons (Fsp3) is 0.562. The zero-order valence-electron chi connectivity index (χ0n) is 12.7. The highest BCUT2D eigenvalue weighted by atomic mass is 16.3. The van der Waals surface area contributed by atoms with Crippen molar-refractivity contribution in [3.05, 3.63) is 29.8 Å². The third-order valence-corrected chi connectivity index (χ3v) is 3.63. The minimum Gasteiger partial charge on any atom is -0.508 e. The summed E-state index contributed by atoms with van der Waals surface area (Å²) < 4.78 is 0. The van der Waals surface area contributed by atoms with Gasteiger partial charge in [0.2, 0.25) is 0 Å². The Morgan fingerprint density at radius 3 is 2.14 bits per heavy atom. The Bertz CT molecular complexity index is 471. The van der Waals surface area contributed by atoms with Gasteiger partial charge in [0.05, 0.1) is 12.1 Å². The van der Waals surface area contributed by atoms with Gasteiger partial charge in [-0.1, -0.05) is 0 Å². The molecule has 0 spiro atoms. The topological polar surface area (TPSA) is 64.0 Å². The lowest BCUT2D eigenvalue weighted by atomic mass is 10.1. The predicted octanol–water partition coefficient (Wildman–Crippen LogP) is 0.963. The summed E-state index contributed by atoms with van der Waals surface area (Å²) in [5, 5.41) is 19.1. The van der Waals surface area contributed by atoms with Gasteiger partial charge in [0, 0.05) is 38.3 Å². The van der Waals surface area contributed by atoms with Gasteiger partial charge < -0.3 is 10.2 Å². The molecule has 0 unspecified atom stereocenters. The van der Waals surface area contributed by atoms with Crippen molar-refractivity contribution in [2.75, 3.05) is 39.3 Å². The molecule has 0 amide bonds. The highest BCUT2D eigenvalue weighted by Gasteiger charge is 2.23. The van der Waals surface area contributed by atoms with Gasteiger partial charge in [-0.2, -0.15) is 0 Å². The number of aliphatic hydroxyl groups is 1. The first kappa shape index (κ1) is 15.9. The molecule has 21 heavy (non-hydrogen) atoms. The van der Waals surface area contributed by atoms with Gasteiger partial charge in [-0.25, -0.2) is 0 Å². The van der Waals surface area contributed by atoms with E-state index in [1.165, 1.54) is 12.1 Å². The van der Waals surface area contributed by atoms with Crippen LogP contribution < -0.4 is 0 Å². The number of rotatable bonds is 5. The second kappa shape index (κ2) is 6.56. The average Bonchev–Trinajstić information content (AvgIpc) is 2.40. The van der Waals surface area contributed by atoms with Gasteiger partial charge in [0.1, 0.15) is 5.75 Å². The monoisotopic (exact) mass is 292 g/mol. The van der Waals surface area contributed by atoms with E-state index in [0.29, 0.717) is 18.7 Å². The van der Waals surface area contributed by atoms with E-state index in [1.807, 2.05) is 13.8 Å². The van der Waals surface area contributed by atoms with Crippen molar-refractivity contribution in [1.29, 1.82) is 0 Å². The number of hydrogen-bond acceptors (Lipinski definition) is 5. The van der Waals surface area contributed by atoms with Gasteiger partial charge in [-0.15, -0.1) is 0 Å². The fourth-order valence-electron chi connectivity index (χ4n) is 2.59. The van der Waals surface area contributed by atoms with E-state index in [1.54, 1.807) is 12.1 Å². The van der Waals surface area contributed by atoms with E-state index in [2.05, 4.69) is 9.80 Å². The molecule has 0 radical (unpaired) electrons.